The molecule has 0 saturated heterocycles. The van der Waals surface area contributed by atoms with Gasteiger partial charge in [-0.2, -0.15) is 19.9 Å². The first-order valence-corrected chi connectivity index (χ1v) is 47.3. The molecule has 0 aliphatic carbocycles. The second kappa shape index (κ2) is 37.8. The molecule has 8 heterocycles. The summed E-state index contributed by atoms with van der Waals surface area (Å²) in [5.41, 5.74) is 17.3. The van der Waals surface area contributed by atoms with Crippen LogP contribution in [0.15, 0.2) is 473 Å². The Bertz CT molecular complexity index is 9230. The number of rotatable bonds is 17. The SMILES string of the molecule is c1ccc(-c2ccc(-c3nc(-c4ccccc4)nc(-c4nc(-c5ccccc5)nc(-c5ccc6ccc7cccc8ccc5c6c78)n4)n3)cc2)cc1.c1ccc(-c2ccc(-c3nc(-c4ccccc4)nc(-c4nc(-c5ccccc5)nc(-n5c6ccccc6c6ccccc65)n4)n3)cc2)cc1.c1ccc(-c2nc(-c3ccccc3)nc(-c3nc(-c4ccccc4)nc(-n4c5ccccc5c5ccccc54)n3)n2)cc1. The molecule has 0 spiro atoms. The smallest absolute Gasteiger partial charge is 0.238 e. The van der Waals surface area contributed by atoms with Gasteiger partial charge in [-0.05, 0) is 84.9 Å². The van der Waals surface area contributed by atoms with Crippen molar-refractivity contribution in [2.24, 2.45) is 0 Å². The summed E-state index contributed by atoms with van der Waals surface area (Å²) in [6.07, 6.45) is 0. The van der Waals surface area contributed by atoms with Crippen LogP contribution in [0.1, 0.15) is 0 Å². The molecular weight excluding hydrogens is 1770 g/mol. The van der Waals surface area contributed by atoms with Crippen molar-refractivity contribution < 1.29 is 0 Å². The zero-order valence-corrected chi connectivity index (χ0v) is 77.0. The summed E-state index contributed by atoms with van der Waals surface area (Å²) < 4.78 is 4.17. The molecule has 0 unspecified atom stereocenters. The minimum Gasteiger partial charge on any atom is -0.278 e. The van der Waals surface area contributed by atoms with E-state index < -0.39 is 0 Å². The van der Waals surface area contributed by atoms with Crippen molar-refractivity contribution in [3.8, 4) is 183 Å². The van der Waals surface area contributed by atoms with Crippen molar-refractivity contribution in [3.63, 3.8) is 0 Å². The van der Waals surface area contributed by atoms with E-state index in [1.165, 1.54) is 26.9 Å². The van der Waals surface area contributed by atoms with Crippen LogP contribution in [0.3, 0.4) is 0 Å². The molecule has 0 atom stereocenters. The molecule has 144 heavy (non-hydrogen) atoms. The van der Waals surface area contributed by atoms with Gasteiger partial charge in [-0.25, -0.2) is 69.8 Å². The van der Waals surface area contributed by atoms with Crippen molar-refractivity contribution in [3.05, 3.63) is 473 Å². The second-order valence-corrected chi connectivity index (χ2v) is 34.4. The lowest BCUT2D eigenvalue weighted by atomic mass is 9.92. The van der Waals surface area contributed by atoms with Crippen LogP contribution in [0.2, 0.25) is 0 Å². The van der Waals surface area contributed by atoms with Crippen LogP contribution in [0.4, 0.5) is 0 Å². The Morgan fingerprint density at radius 3 is 0.590 bits per heavy atom. The Kier molecular flexibility index (Phi) is 22.4. The monoisotopic (exact) mass is 1850 g/mol. The minimum absolute atomic E-state index is 0.354. The van der Waals surface area contributed by atoms with Crippen molar-refractivity contribution >= 4 is 75.9 Å². The van der Waals surface area contributed by atoms with Gasteiger partial charge < -0.3 is 0 Å². The highest BCUT2D eigenvalue weighted by atomic mass is 15.2. The quantitative estimate of drug-likeness (QED) is 0.0769. The Balaban J connectivity index is 0.000000114. The summed E-state index contributed by atoms with van der Waals surface area (Å²) in [5.74, 6) is 8.55. The highest BCUT2D eigenvalue weighted by molar-refractivity contribution is 6.25. The van der Waals surface area contributed by atoms with Crippen LogP contribution in [0, 0.1) is 0 Å². The zero-order valence-electron chi connectivity index (χ0n) is 77.0. The lowest BCUT2D eigenvalue weighted by molar-refractivity contribution is 0.934. The number of hydrogen-bond donors (Lipinski definition) is 0. The van der Waals surface area contributed by atoms with Crippen LogP contribution in [0.25, 0.3) is 259 Å². The first-order chi connectivity index (χ1) is 71.3. The minimum atomic E-state index is 0.354. The van der Waals surface area contributed by atoms with Crippen molar-refractivity contribution in [2.75, 3.05) is 0 Å². The summed E-state index contributed by atoms with van der Waals surface area (Å²) in [5, 5.41) is 11.6. The zero-order chi connectivity index (χ0) is 95.6. The van der Waals surface area contributed by atoms with Gasteiger partial charge in [-0.1, -0.05) is 443 Å². The largest absolute Gasteiger partial charge is 0.278 e. The lowest BCUT2D eigenvalue weighted by Gasteiger charge is -2.14. The molecule has 0 bridgehead atoms. The van der Waals surface area contributed by atoms with Crippen LogP contribution in [-0.2, 0) is 0 Å². The van der Waals surface area contributed by atoms with E-state index in [-0.39, 0.29) is 0 Å². The van der Waals surface area contributed by atoms with Gasteiger partial charge >= 0.3 is 0 Å². The summed E-state index contributed by atoms with van der Waals surface area (Å²) >= 11 is 0. The third-order valence-corrected chi connectivity index (χ3v) is 25.4. The fourth-order valence-corrected chi connectivity index (χ4v) is 18.5. The van der Waals surface area contributed by atoms with Gasteiger partial charge in [-0.3, -0.25) is 9.13 Å². The van der Waals surface area contributed by atoms with Crippen molar-refractivity contribution in [1.29, 1.82) is 0 Å². The fourth-order valence-electron chi connectivity index (χ4n) is 18.5. The van der Waals surface area contributed by atoms with Gasteiger partial charge in [0.1, 0.15) is 0 Å². The van der Waals surface area contributed by atoms with Crippen LogP contribution < -0.4 is 0 Å². The predicted molar refractivity (Wildman–Crippen MR) is 574 cm³/mol. The summed E-state index contributed by atoms with van der Waals surface area (Å²) in [7, 11) is 0. The average molecular weight is 1850 g/mol. The van der Waals surface area contributed by atoms with E-state index in [1.807, 2.05) is 297 Å². The molecule has 27 rings (SSSR count). The van der Waals surface area contributed by atoms with E-state index in [0.717, 1.165) is 127 Å². The maximum atomic E-state index is 5.13. The van der Waals surface area contributed by atoms with Gasteiger partial charge in [0.25, 0.3) is 0 Å². The standard InChI is InChI=1S/C46H28N6.C42H27N7.C36H23N7/c1-4-11-29(12-5-1)30-19-23-36(24-20-30)43-47-41(34-13-6-2-7-14-34)49-45(51-43)46-50-42(35-15-8-3-9-16-35)48-44(52-46)38-28-26-33-22-21-31-17-10-18-32-25-27-37(38)40(33)39(31)32;1-4-14-28(15-5-1)29-24-26-32(27-25-29)38-43-37(30-16-6-2-7-17-30)44-40(45-38)41-46-39(31-18-8-3-9-19-31)47-42(48-41)49-35-22-12-10-20-33(35)34-21-11-13-23-36(34)49;1-4-14-24(15-5-1)31-37-32(25-16-6-2-7-17-25)39-34(38-31)35-40-33(26-18-8-3-9-19-26)41-36(42-35)43-29-22-12-10-20-27(29)28-21-11-13-23-30(28)43/h1-28H;1-27H;1-23H. The van der Waals surface area contributed by atoms with Crippen molar-refractivity contribution in [2.45, 2.75) is 0 Å². The molecule has 0 aliphatic rings. The Hall–Kier alpha value is -20.1. The molecule has 0 amide bonds. The number of benzene rings is 19. The number of aromatic nitrogens is 20. The lowest BCUT2D eigenvalue weighted by Crippen LogP contribution is -2.09. The molecule has 19 aromatic carbocycles. The molecule has 0 fully saturated rings. The van der Waals surface area contributed by atoms with E-state index in [1.54, 1.807) is 0 Å². The molecule has 0 aliphatic heterocycles. The number of fused-ring (bicyclic) bond motifs is 6. The molecule has 20 nitrogen and oxygen atoms in total. The number of nitrogens with zero attached hydrogens (tertiary/aromatic N) is 20. The van der Waals surface area contributed by atoms with E-state index in [4.69, 9.17) is 89.7 Å². The molecule has 20 heteroatoms. The highest BCUT2D eigenvalue weighted by Gasteiger charge is 2.27. The fraction of sp³-hybridized carbons (Fsp3) is 0. The molecule has 0 radical (unpaired) electrons. The predicted octanol–water partition coefficient (Wildman–Crippen LogP) is 28.3. The highest BCUT2D eigenvalue weighted by Crippen LogP contribution is 2.42. The van der Waals surface area contributed by atoms with E-state index in [9.17, 15) is 0 Å². The number of para-hydroxylation sites is 4. The van der Waals surface area contributed by atoms with Gasteiger partial charge in [0, 0.05) is 77.2 Å². The van der Waals surface area contributed by atoms with Crippen LogP contribution >= 0.6 is 0 Å². The van der Waals surface area contributed by atoms with Crippen molar-refractivity contribution in [1.82, 2.24) is 98.8 Å². The Morgan fingerprint density at radius 2 is 0.299 bits per heavy atom. The van der Waals surface area contributed by atoms with E-state index in [0.29, 0.717) is 105 Å². The first-order valence-electron chi connectivity index (χ1n) is 47.3. The summed E-state index contributed by atoms with van der Waals surface area (Å²) in [4.78, 5) is 89.8. The third kappa shape index (κ3) is 16.9. The normalized spacial score (nSPS) is 11.3. The topological polar surface area (TPSA) is 242 Å². The third-order valence-electron chi connectivity index (χ3n) is 25.4. The summed E-state index contributed by atoms with van der Waals surface area (Å²) in [6.45, 7) is 0. The van der Waals surface area contributed by atoms with Gasteiger partial charge in [0.15, 0.2) is 58.2 Å². The molecule has 674 valence electrons. The Morgan fingerprint density at radius 1 is 0.111 bits per heavy atom. The second-order valence-electron chi connectivity index (χ2n) is 34.4. The molecule has 0 N–H and O–H groups in total. The Labute approximate surface area is 825 Å². The van der Waals surface area contributed by atoms with Gasteiger partial charge in [-0.15, -0.1) is 0 Å². The maximum absolute atomic E-state index is 5.13. The number of hydrogen-bond acceptors (Lipinski definition) is 18. The van der Waals surface area contributed by atoms with Gasteiger partial charge in [0.05, 0.1) is 22.1 Å². The average Bonchev–Trinajstić information content (AvgIpc) is 1.68. The summed E-state index contributed by atoms with van der Waals surface area (Å²) in [6, 6.07) is 159. The van der Waals surface area contributed by atoms with E-state index in [2.05, 4.69) is 185 Å². The van der Waals surface area contributed by atoms with Crippen LogP contribution in [0.5, 0.6) is 0 Å². The van der Waals surface area contributed by atoms with E-state index >= 15 is 0 Å². The molecule has 8 aromatic heterocycles. The molecule has 27 aromatic rings. The molecular formula is C124H78N20. The first kappa shape index (κ1) is 85.5. The van der Waals surface area contributed by atoms with Gasteiger partial charge in [0.2, 0.25) is 46.8 Å². The molecule has 0 saturated carbocycles. The maximum Gasteiger partial charge on any atom is 0.238 e. The van der Waals surface area contributed by atoms with Crippen LogP contribution in [-0.4, -0.2) is 98.8 Å².